The average molecular weight is 250 g/mol. The second kappa shape index (κ2) is 5.14. The third kappa shape index (κ3) is 2.75. The molecule has 0 bridgehead atoms. The zero-order chi connectivity index (χ0) is 13.2. The Morgan fingerprint density at radius 3 is 2.94 bits per heavy atom. The standard InChI is InChI=1S/C14H22N2O2/c1-10-4-3-7-14(8-10,9-15)16-13(17)12-6-5-11(2)18-12/h5-6,10H,3-4,7-9,15H2,1-2H3,(H,16,17). The molecule has 0 aromatic carbocycles. The molecule has 0 aliphatic heterocycles. The minimum absolute atomic E-state index is 0.150. The van der Waals surface area contributed by atoms with Gasteiger partial charge in [-0.15, -0.1) is 0 Å². The van der Waals surface area contributed by atoms with E-state index in [1.54, 1.807) is 12.1 Å². The van der Waals surface area contributed by atoms with Gasteiger partial charge in [-0.2, -0.15) is 0 Å². The van der Waals surface area contributed by atoms with E-state index in [2.05, 4.69) is 12.2 Å². The van der Waals surface area contributed by atoms with Crippen LogP contribution < -0.4 is 11.1 Å². The van der Waals surface area contributed by atoms with Crippen LogP contribution in [0.4, 0.5) is 0 Å². The highest BCUT2D eigenvalue weighted by molar-refractivity contribution is 5.92. The number of hydrogen-bond donors (Lipinski definition) is 2. The van der Waals surface area contributed by atoms with Crippen LogP contribution in [0.3, 0.4) is 0 Å². The van der Waals surface area contributed by atoms with Gasteiger partial charge in [0.05, 0.1) is 5.54 Å². The molecule has 18 heavy (non-hydrogen) atoms. The summed E-state index contributed by atoms with van der Waals surface area (Å²) in [4.78, 5) is 12.1. The molecule has 2 atom stereocenters. The summed E-state index contributed by atoms with van der Waals surface area (Å²) < 4.78 is 5.35. The summed E-state index contributed by atoms with van der Waals surface area (Å²) in [5.41, 5.74) is 5.63. The molecule has 100 valence electrons. The van der Waals surface area contributed by atoms with Gasteiger partial charge in [-0.25, -0.2) is 0 Å². The van der Waals surface area contributed by atoms with E-state index < -0.39 is 0 Å². The quantitative estimate of drug-likeness (QED) is 0.864. The van der Waals surface area contributed by atoms with Crippen LogP contribution in [-0.2, 0) is 0 Å². The maximum Gasteiger partial charge on any atom is 0.287 e. The lowest BCUT2D eigenvalue weighted by Gasteiger charge is -2.39. The Labute approximate surface area is 108 Å². The van der Waals surface area contributed by atoms with E-state index in [9.17, 15) is 4.79 Å². The van der Waals surface area contributed by atoms with Crippen molar-refractivity contribution in [3.63, 3.8) is 0 Å². The van der Waals surface area contributed by atoms with Gasteiger partial charge in [-0.05, 0) is 37.8 Å². The lowest BCUT2D eigenvalue weighted by Crippen LogP contribution is -2.55. The number of nitrogens with one attached hydrogen (secondary N) is 1. The molecule has 1 aromatic heterocycles. The maximum atomic E-state index is 12.1. The molecule has 0 spiro atoms. The Bertz CT molecular complexity index is 427. The van der Waals surface area contributed by atoms with E-state index in [1.165, 1.54) is 6.42 Å². The van der Waals surface area contributed by atoms with Crippen LogP contribution in [0.15, 0.2) is 16.5 Å². The van der Waals surface area contributed by atoms with Gasteiger partial charge in [0.1, 0.15) is 5.76 Å². The van der Waals surface area contributed by atoms with Gasteiger partial charge in [0.2, 0.25) is 0 Å². The van der Waals surface area contributed by atoms with Crippen molar-refractivity contribution in [3.8, 4) is 0 Å². The molecule has 2 unspecified atom stereocenters. The van der Waals surface area contributed by atoms with Crippen LogP contribution in [0.25, 0.3) is 0 Å². The number of nitrogens with two attached hydrogens (primary N) is 1. The van der Waals surface area contributed by atoms with Crippen molar-refractivity contribution in [2.24, 2.45) is 11.7 Å². The summed E-state index contributed by atoms with van der Waals surface area (Å²) in [7, 11) is 0. The van der Waals surface area contributed by atoms with Gasteiger partial charge in [0.15, 0.2) is 5.76 Å². The fourth-order valence-electron chi connectivity index (χ4n) is 2.87. The van der Waals surface area contributed by atoms with Crippen molar-refractivity contribution >= 4 is 5.91 Å². The van der Waals surface area contributed by atoms with Crippen molar-refractivity contribution in [2.75, 3.05) is 6.54 Å². The Balaban J connectivity index is 2.08. The second-order valence-corrected chi connectivity index (χ2v) is 5.55. The van der Waals surface area contributed by atoms with Gasteiger partial charge in [-0.3, -0.25) is 4.79 Å². The molecule has 1 amide bonds. The minimum atomic E-state index is -0.255. The molecule has 1 aromatic rings. The summed E-state index contributed by atoms with van der Waals surface area (Å²) in [5.74, 6) is 1.58. The Kier molecular flexibility index (Phi) is 3.76. The molecule has 1 heterocycles. The van der Waals surface area contributed by atoms with Crippen LogP contribution >= 0.6 is 0 Å². The van der Waals surface area contributed by atoms with Crippen LogP contribution in [0.1, 0.15) is 48.9 Å². The van der Waals surface area contributed by atoms with Crippen molar-refractivity contribution < 1.29 is 9.21 Å². The highest BCUT2D eigenvalue weighted by atomic mass is 16.3. The first-order valence-electron chi connectivity index (χ1n) is 6.64. The fraction of sp³-hybridized carbons (Fsp3) is 0.643. The fourth-order valence-corrected chi connectivity index (χ4v) is 2.87. The highest BCUT2D eigenvalue weighted by Gasteiger charge is 2.35. The number of carbonyl (C=O) groups is 1. The molecule has 1 aliphatic rings. The largest absolute Gasteiger partial charge is 0.456 e. The lowest BCUT2D eigenvalue weighted by atomic mass is 9.76. The maximum absolute atomic E-state index is 12.1. The Hall–Kier alpha value is -1.29. The Morgan fingerprint density at radius 1 is 1.61 bits per heavy atom. The topological polar surface area (TPSA) is 68.3 Å². The molecule has 4 heteroatoms. The van der Waals surface area contributed by atoms with Crippen LogP contribution in [-0.4, -0.2) is 18.0 Å². The van der Waals surface area contributed by atoms with Crippen molar-refractivity contribution in [1.82, 2.24) is 5.32 Å². The molecular formula is C14H22N2O2. The zero-order valence-electron chi connectivity index (χ0n) is 11.2. The summed E-state index contributed by atoms with van der Waals surface area (Å²) in [6.45, 7) is 4.54. The average Bonchev–Trinajstić information content (AvgIpc) is 2.76. The van der Waals surface area contributed by atoms with E-state index in [0.29, 0.717) is 18.2 Å². The predicted molar refractivity (Wildman–Crippen MR) is 70.3 cm³/mol. The van der Waals surface area contributed by atoms with Crippen molar-refractivity contribution in [2.45, 2.75) is 45.1 Å². The van der Waals surface area contributed by atoms with Crippen LogP contribution in [0.2, 0.25) is 0 Å². The summed E-state index contributed by atoms with van der Waals surface area (Å²) in [6.07, 6.45) is 4.25. The predicted octanol–water partition coefficient (Wildman–Crippen LogP) is 2.23. The number of furan rings is 1. The van der Waals surface area contributed by atoms with Gasteiger partial charge >= 0.3 is 0 Å². The second-order valence-electron chi connectivity index (χ2n) is 5.55. The minimum Gasteiger partial charge on any atom is -0.456 e. The number of aryl methyl sites for hydroxylation is 1. The molecule has 1 saturated carbocycles. The molecule has 2 rings (SSSR count). The first kappa shape index (κ1) is 13.1. The summed E-state index contributed by atoms with van der Waals surface area (Å²) in [5, 5.41) is 3.08. The lowest BCUT2D eigenvalue weighted by molar-refractivity contribution is 0.0824. The van der Waals surface area contributed by atoms with E-state index >= 15 is 0 Å². The first-order valence-corrected chi connectivity index (χ1v) is 6.64. The van der Waals surface area contributed by atoms with Gasteiger partial charge in [0.25, 0.3) is 5.91 Å². The van der Waals surface area contributed by atoms with E-state index in [-0.39, 0.29) is 11.4 Å². The van der Waals surface area contributed by atoms with Gasteiger partial charge in [0, 0.05) is 6.54 Å². The summed E-state index contributed by atoms with van der Waals surface area (Å²) >= 11 is 0. The highest BCUT2D eigenvalue weighted by Crippen LogP contribution is 2.31. The molecule has 0 saturated heterocycles. The SMILES string of the molecule is Cc1ccc(C(=O)NC2(CN)CCCC(C)C2)o1. The van der Waals surface area contributed by atoms with Crippen LogP contribution in [0.5, 0.6) is 0 Å². The smallest absolute Gasteiger partial charge is 0.287 e. The Morgan fingerprint density at radius 2 is 2.39 bits per heavy atom. The molecule has 4 nitrogen and oxygen atoms in total. The number of rotatable bonds is 3. The molecular weight excluding hydrogens is 228 g/mol. The van der Waals surface area contributed by atoms with Crippen molar-refractivity contribution in [3.05, 3.63) is 23.7 Å². The number of carbonyl (C=O) groups excluding carboxylic acids is 1. The number of hydrogen-bond acceptors (Lipinski definition) is 3. The van der Waals surface area contributed by atoms with Crippen molar-refractivity contribution in [1.29, 1.82) is 0 Å². The van der Waals surface area contributed by atoms with E-state index in [4.69, 9.17) is 10.2 Å². The third-order valence-electron chi connectivity index (χ3n) is 3.83. The molecule has 1 aliphatic carbocycles. The third-order valence-corrected chi connectivity index (χ3v) is 3.83. The zero-order valence-corrected chi connectivity index (χ0v) is 11.2. The van der Waals surface area contributed by atoms with Gasteiger partial charge < -0.3 is 15.5 Å². The van der Waals surface area contributed by atoms with Gasteiger partial charge in [-0.1, -0.05) is 19.8 Å². The summed E-state index contributed by atoms with van der Waals surface area (Å²) in [6, 6.07) is 3.51. The van der Waals surface area contributed by atoms with E-state index in [0.717, 1.165) is 25.0 Å². The first-order chi connectivity index (χ1) is 8.54. The number of amides is 1. The monoisotopic (exact) mass is 250 g/mol. The van der Waals surface area contributed by atoms with E-state index in [1.807, 2.05) is 6.92 Å². The normalized spacial score (nSPS) is 28.1. The molecule has 3 N–H and O–H groups in total. The molecule has 1 fully saturated rings. The molecule has 0 radical (unpaired) electrons. The van der Waals surface area contributed by atoms with Crippen LogP contribution in [0, 0.1) is 12.8 Å².